The molecule has 0 unspecified atom stereocenters. The second-order valence-corrected chi connectivity index (χ2v) is 4.35. The molecule has 82 valence electrons. The molecule has 0 aliphatic heterocycles. The van der Waals surface area contributed by atoms with E-state index in [2.05, 4.69) is 68.1 Å². The molecule has 0 saturated heterocycles. The summed E-state index contributed by atoms with van der Waals surface area (Å²) in [6.07, 6.45) is 2.14. The maximum atomic E-state index is 4.09. The van der Waals surface area contributed by atoms with Crippen LogP contribution >= 0.6 is 0 Å². The van der Waals surface area contributed by atoms with Crippen molar-refractivity contribution in [3.8, 4) is 0 Å². The van der Waals surface area contributed by atoms with Crippen LogP contribution in [0.4, 0.5) is 0 Å². The third kappa shape index (κ3) is 1.53. The number of hydrogen-bond donors (Lipinski definition) is 0. The van der Waals surface area contributed by atoms with Gasteiger partial charge in [-0.05, 0) is 51.0 Å². The first-order valence-corrected chi connectivity index (χ1v) is 5.86. The first-order valence-electron chi connectivity index (χ1n) is 5.86. The highest BCUT2D eigenvalue weighted by molar-refractivity contribution is 5.98. The number of benzene rings is 3. The van der Waals surface area contributed by atoms with Crippen LogP contribution < -0.4 is 10.4 Å². The molecule has 0 radical (unpaired) electrons. The summed E-state index contributed by atoms with van der Waals surface area (Å²) in [4.78, 5) is 0. The average Bonchev–Trinajstić information content (AvgIpc) is 2.36. The van der Waals surface area contributed by atoms with E-state index in [0.29, 0.717) is 0 Å². The van der Waals surface area contributed by atoms with Crippen molar-refractivity contribution in [2.75, 3.05) is 0 Å². The highest BCUT2D eigenvalue weighted by Gasteiger charge is 1.98. The molecule has 3 aromatic rings. The largest absolute Gasteiger partial charge is 0.0911 e. The Morgan fingerprint density at radius 1 is 0.882 bits per heavy atom. The Bertz CT molecular complexity index is 810. The molecule has 0 aromatic heterocycles. The summed E-state index contributed by atoms with van der Waals surface area (Å²) in [6, 6.07) is 17.2. The van der Waals surface area contributed by atoms with Crippen molar-refractivity contribution in [1.29, 1.82) is 0 Å². The lowest BCUT2D eigenvalue weighted by Crippen LogP contribution is -2.22. The molecule has 0 fully saturated rings. The molecular weight excluding hydrogens is 204 g/mol. The minimum Gasteiger partial charge on any atom is -0.0911 e. The lowest BCUT2D eigenvalue weighted by molar-refractivity contribution is 1.59. The molecule has 0 spiro atoms. The molecule has 3 aromatic carbocycles. The third-order valence-corrected chi connectivity index (χ3v) is 3.31. The Hall–Kier alpha value is -2.08. The van der Waals surface area contributed by atoms with E-state index in [1.807, 2.05) is 0 Å². The number of rotatable bonds is 0. The maximum Gasteiger partial charge on any atom is -0.0103 e. The summed E-state index contributed by atoms with van der Waals surface area (Å²) >= 11 is 0. The van der Waals surface area contributed by atoms with Crippen LogP contribution in [0.3, 0.4) is 0 Å². The van der Waals surface area contributed by atoms with E-state index in [0.717, 1.165) is 5.22 Å². The van der Waals surface area contributed by atoms with E-state index in [1.54, 1.807) is 0 Å². The van der Waals surface area contributed by atoms with Gasteiger partial charge in [-0.15, -0.1) is 0 Å². The molecule has 0 N–H and O–H groups in total. The Balaban J connectivity index is 2.62. The Morgan fingerprint density at radius 2 is 1.59 bits per heavy atom. The standard InChI is InChI=1S/C17H14/c1-3-16-12(2)8-9-15-10-13-6-4-5-7-14(13)11-17(15)16/h3-11H,2H2,1H3. The van der Waals surface area contributed by atoms with Crippen LogP contribution in [0.1, 0.15) is 6.92 Å². The van der Waals surface area contributed by atoms with Crippen molar-refractivity contribution in [3.63, 3.8) is 0 Å². The highest BCUT2D eigenvalue weighted by Crippen LogP contribution is 2.19. The number of fused-ring (bicyclic) bond motifs is 2. The third-order valence-electron chi connectivity index (χ3n) is 3.31. The van der Waals surface area contributed by atoms with Crippen molar-refractivity contribution in [2.45, 2.75) is 6.92 Å². The Kier molecular flexibility index (Phi) is 2.22. The molecule has 0 aliphatic rings. The molecule has 17 heavy (non-hydrogen) atoms. The van der Waals surface area contributed by atoms with E-state index in [1.165, 1.54) is 26.8 Å². The monoisotopic (exact) mass is 218 g/mol. The zero-order valence-corrected chi connectivity index (χ0v) is 9.90. The fourth-order valence-corrected chi connectivity index (χ4v) is 2.42. The fourth-order valence-electron chi connectivity index (χ4n) is 2.42. The van der Waals surface area contributed by atoms with Crippen molar-refractivity contribution in [2.24, 2.45) is 0 Å². The molecule has 0 heterocycles. The smallest absolute Gasteiger partial charge is 0.0103 e. The minimum atomic E-state index is 1.09. The molecule has 0 aliphatic carbocycles. The van der Waals surface area contributed by atoms with Gasteiger partial charge in [-0.3, -0.25) is 0 Å². The van der Waals surface area contributed by atoms with Crippen LogP contribution in [0.15, 0.2) is 48.5 Å². The minimum absolute atomic E-state index is 1.09. The van der Waals surface area contributed by atoms with Crippen LogP contribution in [0.25, 0.3) is 34.2 Å². The summed E-state index contributed by atoms with van der Waals surface area (Å²) in [5.74, 6) is 0. The molecule has 0 atom stereocenters. The molecule has 0 nitrogen and oxygen atoms in total. The first kappa shape index (κ1) is 10.1. The predicted octanol–water partition coefficient (Wildman–Crippen LogP) is 3.20. The predicted molar refractivity (Wildman–Crippen MR) is 76.4 cm³/mol. The van der Waals surface area contributed by atoms with Gasteiger partial charge >= 0.3 is 0 Å². The van der Waals surface area contributed by atoms with Gasteiger partial charge in [0.25, 0.3) is 0 Å². The van der Waals surface area contributed by atoms with Gasteiger partial charge in [0.15, 0.2) is 0 Å². The quantitative estimate of drug-likeness (QED) is 0.508. The average molecular weight is 218 g/mol. The second-order valence-electron chi connectivity index (χ2n) is 4.35. The van der Waals surface area contributed by atoms with Gasteiger partial charge < -0.3 is 0 Å². The van der Waals surface area contributed by atoms with Crippen molar-refractivity contribution in [3.05, 3.63) is 59.0 Å². The molecule has 0 saturated carbocycles. The van der Waals surface area contributed by atoms with E-state index in [4.69, 9.17) is 0 Å². The molecule has 0 heteroatoms. The van der Waals surface area contributed by atoms with E-state index in [9.17, 15) is 0 Å². The molecule has 3 rings (SSSR count). The van der Waals surface area contributed by atoms with Gasteiger partial charge in [0, 0.05) is 0 Å². The summed E-state index contributed by atoms with van der Waals surface area (Å²) in [7, 11) is 0. The van der Waals surface area contributed by atoms with Crippen LogP contribution in [-0.2, 0) is 0 Å². The van der Waals surface area contributed by atoms with E-state index in [-0.39, 0.29) is 0 Å². The normalized spacial score (nSPS) is 12.4. The van der Waals surface area contributed by atoms with Gasteiger partial charge in [0.2, 0.25) is 0 Å². The van der Waals surface area contributed by atoms with E-state index < -0.39 is 0 Å². The molecular formula is C17H14. The SMILES string of the molecule is C=c1ccc2cc3ccccc3cc2c1=CC. The van der Waals surface area contributed by atoms with Crippen molar-refractivity contribution >= 4 is 34.2 Å². The van der Waals surface area contributed by atoms with Gasteiger partial charge in [-0.2, -0.15) is 0 Å². The van der Waals surface area contributed by atoms with E-state index >= 15 is 0 Å². The topological polar surface area (TPSA) is 0 Å². The van der Waals surface area contributed by atoms with Crippen LogP contribution in [0, 0.1) is 0 Å². The van der Waals surface area contributed by atoms with Crippen LogP contribution in [0.5, 0.6) is 0 Å². The van der Waals surface area contributed by atoms with Crippen LogP contribution in [-0.4, -0.2) is 0 Å². The second kappa shape index (κ2) is 3.74. The van der Waals surface area contributed by atoms with Crippen molar-refractivity contribution < 1.29 is 0 Å². The zero-order valence-electron chi connectivity index (χ0n) is 9.90. The maximum absolute atomic E-state index is 4.09. The summed E-state index contributed by atoms with van der Waals surface area (Å²) in [5, 5.41) is 7.49. The van der Waals surface area contributed by atoms with Gasteiger partial charge in [0.1, 0.15) is 0 Å². The zero-order chi connectivity index (χ0) is 11.8. The van der Waals surface area contributed by atoms with Gasteiger partial charge in [-0.1, -0.05) is 49.1 Å². The fraction of sp³-hybridized carbons (Fsp3) is 0.0588. The van der Waals surface area contributed by atoms with Crippen LogP contribution in [0.2, 0.25) is 0 Å². The molecule has 0 bridgehead atoms. The highest BCUT2D eigenvalue weighted by atomic mass is 14.0. The van der Waals surface area contributed by atoms with Gasteiger partial charge in [-0.25, -0.2) is 0 Å². The summed E-state index contributed by atoms with van der Waals surface area (Å²) < 4.78 is 0. The summed E-state index contributed by atoms with van der Waals surface area (Å²) in [5.41, 5.74) is 0. The Morgan fingerprint density at radius 3 is 2.29 bits per heavy atom. The van der Waals surface area contributed by atoms with Gasteiger partial charge in [0.05, 0.1) is 0 Å². The summed E-state index contributed by atoms with van der Waals surface area (Å²) in [6.45, 7) is 6.16. The van der Waals surface area contributed by atoms with Crippen molar-refractivity contribution in [1.82, 2.24) is 0 Å². The lowest BCUT2D eigenvalue weighted by Gasteiger charge is -2.03. The number of hydrogen-bond acceptors (Lipinski definition) is 0. The molecule has 0 amide bonds. The lowest BCUT2D eigenvalue weighted by atomic mass is 10.0. The Labute approximate surface area is 101 Å². The first-order chi connectivity index (χ1) is 8.29.